The lowest BCUT2D eigenvalue weighted by Gasteiger charge is -2.12. The number of nitrogens with one attached hydrogen (secondary N) is 2. The summed E-state index contributed by atoms with van der Waals surface area (Å²) in [6.45, 7) is 5.91. The first-order valence-electron chi connectivity index (χ1n) is 6.61. The predicted molar refractivity (Wildman–Crippen MR) is 81.1 cm³/mol. The molecule has 0 bridgehead atoms. The van der Waals surface area contributed by atoms with Crippen molar-refractivity contribution in [1.29, 1.82) is 0 Å². The number of aromatic amines is 1. The number of hydrogen-bond donors (Lipinski definition) is 2. The number of aromatic nitrogens is 1. The average molecular weight is 281 g/mol. The van der Waals surface area contributed by atoms with Crippen LogP contribution >= 0.6 is 11.6 Å². The second kappa shape index (κ2) is 6.42. The van der Waals surface area contributed by atoms with Gasteiger partial charge in [-0.05, 0) is 50.6 Å². The monoisotopic (exact) mass is 280 g/mol. The highest BCUT2D eigenvalue weighted by atomic mass is 35.5. The van der Waals surface area contributed by atoms with Crippen LogP contribution in [0.1, 0.15) is 18.2 Å². The molecule has 0 aliphatic rings. The molecule has 0 radical (unpaired) electrons. The van der Waals surface area contributed by atoms with Crippen molar-refractivity contribution in [1.82, 2.24) is 10.3 Å². The minimum Gasteiger partial charge on any atom is -0.383 e. The first-order chi connectivity index (χ1) is 9.11. The SMILES string of the molecule is COC[C@H](C)NCCc1c(C)[nH]c2ccc(Cl)cc12. The van der Waals surface area contributed by atoms with Gasteiger partial charge in [-0.3, -0.25) is 0 Å². The van der Waals surface area contributed by atoms with E-state index in [1.165, 1.54) is 16.6 Å². The molecular weight excluding hydrogens is 260 g/mol. The van der Waals surface area contributed by atoms with Gasteiger partial charge in [-0.25, -0.2) is 0 Å². The number of ether oxygens (including phenoxy) is 1. The molecule has 0 fully saturated rings. The van der Waals surface area contributed by atoms with Crippen molar-refractivity contribution in [3.8, 4) is 0 Å². The predicted octanol–water partition coefficient (Wildman–Crippen LogP) is 3.30. The molecule has 3 nitrogen and oxygen atoms in total. The van der Waals surface area contributed by atoms with E-state index in [0.29, 0.717) is 6.04 Å². The van der Waals surface area contributed by atoms with Gasteiger partial charge >= 0.3 is 0 Å². The fourth-order valence-corrected chi connectivity index (χ4v) is 2.60. The maximum absolute atomic E-state index is 6.08. The Balaban J connectivity index is 2.07. The number of benzene rings is 1. The lowest BCUT2D eigenvalue weighted by molar-refractivity contribution is 0.172. The number of fused-ring (bicyclic) bond motifs is 1. The van der Waals surface area contributed by atoms with Crippen molar-refractivity contribution >= 4 is 22.5 Å². The van der Waals surface area contributed by atoms with E-state index in [-0.39, 0.29) is 0 Å². The Morgan fingerprint density at radius 2 is 2.21 bits per heavy atom. The zero-order valence-electron chi connectivity index (χ0n) is 11.7. The largest absolute Gasteiger partial charge is 0.383 e. The molecule has 0 aliphatic heterocycles. The summed E-state index contributed by atoms with van der Waals surface area (Å²) in [6.07, 6.45) is 0.986. The number of H-pyrrole nitrogens is 1. The third-order valence-electron chi connectivity index (χ3n) is 3.37. The molecule has 0 spiro atoms. The Morgan fingerprint density at radius 3 is 2.95 bits per heavy atom. The summed E-state index contributed by atoms with van der Waals surface area (Å²) >= 11 is 6.08. The molecule has 1 aromatic heterocycles. The highest BCUT2D eigenvalue weighted by Gasteiger charge is 2.09. The summed E-state index contributed by atoms with van der Waals surface area (Å²) in [6, 6.07) is 6.37. The second-order valence-corrected chi connectivity index (χ2v) is 5.42. The van der Waals surface area contributed by atoms with Crippen LogP contribution in [0.15, 0.2) is 18.2 Å². The lowest BCUT2D eigenvalue weighted by atomic mass is 10.1. The van der Waals surface area contributed by atoms with Crippen molar-refractivity contribution in [3.05, 3.63) is 34.5 Å². The molecule has 0 saturated carbocycles. The van der Waals surface area contributed by atoms with E-state index in [1.807, 2.05) is 18.2 Å². The maximum atomic E-state index is 6.08. The van der Waals surface area contributed by atoms with Crippen LogP contribution in [0.25, 0.3) is 10.9 Å². The lowest BCUT2D eigenvalue weighted by Crippen LogP contribution is -2.31. The van der Waals surface area contributed by atoms with E-state index in [1.54, 1.807) is 7.11 Å². The summed E-state index contributed by atoms with van der Waals surface area (Å²) in [7, 11) is 1.73. The van der Waals surface area contributed by atoms with Gasteiger partial charge in [0.1, 0.15) is 0 Å². The normalized spacial score (nSPS) is 13.1. The molecule has 1 aromatic carbocycles. The highest BCUT2D eigenvalue weighted by molar-refractivity contribution is 6.31. The van der Waals surface area contributed by atoms with Gasteiger partial charge in [-0.2, -0.15) is 0 Å². The van der Waals surface area contributed by atoms with E-state index in [4.69, 9.17) is 16.3 Å². The van der Waals surface area contributed by atoms with Gasteiger partial charge in [0.15, 0.2) is 0 Å². The van der Waals surface area contributed by atoms with Crippen LogP contribution in [0, 0.1) is 6.92 Å². The summed E-state index contributed by atoms with van der Waals surface area (Å²) < 4.78 is 5.11. The van der Waals surface area contributed by atoms with E-state index >= 15 is 0 Å². The van der Waals surface area contributed by atoms with E-state index in [2.05, 4.69) is 24.1 Å². The average Bonchev–Trinajstić information content (AvgIpc) is 2.66. The van der Waals surface area contributed by atoms with Crippen LogP contribution in [0.2, 0.25) is 5.02 Å². The number of methoxy groups -OCH3 is 1. The zero-order chi connectivity index (χ0) is 13.8. The van der Waals surface area contributed by atoms with Crippen molar-refractivity contribution < 1.29 is 4.74 Å². The smallest absolute Gasteiger partial charge is 0.0613 e. The fraction of sp³-hybridized carbons (Fsp3) is 0.467. The molecule has 2 rings (SSSR count). The number of aryl methyl sites for hydroxylation is 1. The molecule has 4 heteroatoms. The molecule has 104 valence electrons. The minimum atomic E-state index is 0.374. The molecule has 2 N–H and O–H groups in total. The molecule has 0 aliphatic carbocycles. The standard InChI is InChI=1S/C15H21ClN2O/c1-10(9-19-3)17-7-6-13-11(2)18-15-5-4-12(16)8-14(13)15/h4-5,8,10,17-18H,6-7,9H2,1-3H3/t10-/m0/s1. The van der Waals surface area contributed by atoms with Gasteiger partial charge in [0.2, 0.25) is 0 Å². The van der Waals surface area contributed by atoms with E-state index in [9.17, 15) is 0 Å². The van der Waals surface area contributed by atoms with Gasteiger partial charge in [-0.1, -0.05) is 11.6 Å². The van der Waals surface area contributed by atoms with Crippen LogP contribution < -0.4 is 5.32 Å². The van der Waals surface area contributed by atoms with Crippen LogP contribution in [-0.4, -0.2) is 31.3 Å². The topological polar surface area (TPSA) is 37.0 Å². The van der Waals surface area contributed by atoms with Crippen molar-refractivity contribution in [2.75, 3.05) is 20.3 Å². The molecule has 1 atom stereocenters. The van der Waals surface area contributed by atoms with Gasteiger partial charge < -0.3 is 15.0 Å². The quantitative estimate of drug-likeness (QED) is 0.852. The Kier molecular flexibility index (Phi) is 4.86. The Labute approximate surface area is 119 Å². The Hall–Kier alpha value is -1.03. The molecular formula is C15H21ClN2O. The van der Waals surface area contributed by atoms with Crippen LogP contribution in [0.4, 0.5) is 0 Å². The number of halogens is 1. The minimum absolute atomic E-state index is 0.374. The maximum Gasteiger partial charge on any atom is 0.0613 e. The van der Waals surface area contributed by atoms with Crippen molar-refractivity contribution in [3.63, 3.8) is 0 Å². The molecule has 1 heterocycles. The summed E-state index contributed by atoms with van der Waals surface area (Å²) in [5.74, 6) is 0. The molecule has 2 aromatic rings. The van der Waals surface area contributed by atoms with E-state index in [0.717, 1.165) is 30.1 Å². The Morgan fingerprint density at radius 1 is 1.42 bits per heavy atom. The van der Waals surface area contributed by atoms with Crippen molar-refractivity contribution in [2.24, 2.45) is 0 Å². The van der Waals surface area contributed by atoms with Crippen molar-refractivity contribution in [2.45, 2.75) is 26.3 Å². The van der Waals surface area contributed by atoms with Gasteiger partial charge in [-0.15, -0.1) is 0 Å². The van der Waals surface area contributed by atoms with E-state index < -0.39 is 0 Å². The zero-order valence-corrected chi connectivity index (χ0v) is 12.5. The second-order valence-electron chi connectivity index (χ2n) is 4.98. The number of hydrogen-bond acceptors (Lipinski definition) is 2. The third kappa shape index (κ3) is 3.50. The third-order valence-corrected chi connectivity index (χ3v) is 3.60. The van der Waals surface area contributed by atoms with Gasteiger partial charge in [0.05, 0.1) is 6.61 Å². The first kappa shape index (κ1) is 14.4. The van der Waals surface area contributed by atoms with Crippen LogP contribution in [-0.2, 0) is 11.2 Å². The van der Waals surface area contributed by atoms with Crippen LogP contribution in [0.3, 0.4) is 0 Å². The van der Waals surface area contributed by atoms with Gasteiger partial charge in [0, 0.05) is 34.8 Å². The summed E-state index contributed by atoms with van der Waals surface area (Å²) in [5, 5.41) is 5.47. The molecule has 0 amide bonds. The first-order valence-corrected chi connectivity index (χ1v) is 6.98. The number of rotatable bonds is 6. The molecule has 0 saturated heterocycles. The summed E-state index contributed by atoms with van der Waals surface area (Å²) in [4.78, 5) is 3.41. The highest BCUT2D eigenvalue weighted by Crippen LogP contribution is 2.25. The molecule has 19 heavy (non-hydrogen) atoms. The Bertz CT molecular complexity index is 550. The fourth-order valence-electron chi connectivity index (χ4n) is 2.43. The summed E-state index contributed by atoms with van der Waals surface area (Å²) in [5.41, 5.74) is 3.72. The van der Waals surface area contributed by atoms with Crippen LogP contribution in [0.5, 0.6) is 0 Å². The van der Waals surface area contributed by atoms with Gasteiger partial charge in [0.25, 0.3) is 0 Å². The molecule has 0 unspecified atom stereocenters.